The van der Waals surface area contributed by atoms with Gasteiger partial charge in [0.15, 0.2) is 5.82 Å². The van der Waals surface area contributed by atoms with Crippen LogP contribution in [0.1, 0.15) is 11.1 Å². The highest BCUT2D eigenvalue weighted by Crippen LogP contribution is 2.30. The number of fused-ring (bicyclic) bond motifs is 1. The normalized spacial score (nSPS) is 11.8. The molecule has 9 heteroatoms. The molecule has 0 N–H and O–H groups in total. The van der Waals surface area contributed by atoms with E-state index in [4.69, 9.17) is 14.6 Å². The maximum atomic E-state index is 13.4. The summed E-state index contributed by atoms with van der Waals surface area (Å²) in [6.07, 6.45) is 3.79. The highest BCUT2D eigenvalue weighted by atomic mass is 32.1. The number of hydrogen-bond acceptors (Lipinski definition) is 7. The Morgan fingerprint density at radius 2 is 1.66 bits per heavy atom. The van der Waals surface area contributed by atoms with Gasteiger partial charge in [-0.25, -0.2) is 4.68 Å². The summed E-state index contributed by atoms with van der Waals surface area (Å²) in [5.41, 5.74) is 4.91. The van der Waals surface area contributed by atoms with E-state index in [9.17, 15) is 4.79 Å². The van der Waals surface area contributed by atoms with Crippen LogP contribution in [0.3, 0.4) is 0 Å². The number of hydrogen-bond donors (Lipinski definition) is 0. The Labute approximate surface area is 222 Å². The SMILES string of the molecule is COc1ccc(-c2nn(-c3ccccc3)cc2C=c2sc3nc(-c4ccccc4OC)nn3c2=O)cc1C. The number of nitrogens with zero attached hydrogens (tertiary/aromatic N) is 5. The second-order valence-electron chi connectivity index (χ2n) is 8.64. The summed E-state index contributed by atoms with van der Waals surface area (Å²) in [5, 5.41) is 9.37. The number of ether oxygens (including phenoxy) is 2. The van der Waals surface area contributed by atoms with Crippen molar-refractivity contribution in [3.63, 3.8) is 0 Å². The summed E-state index contributed by atoms with van der Waals surface area (Å²) < 4.78 is 14.6. The molecule has 0 amide bonds. The monoisotopic (exact) mass is 521 g/mol. The van der Waals surface area contributed by atoms with Gasteiger partial charge in [0.2, 0.25) is 4.96 Å². The van der Waals surface area contributed by atoms with E-state index in [1.165, 1.54) is 15.9 Å². The Morgan fingerprint density at radius 1 is 0.895 bits per heavy atom. The molecule has 3 aromatic carbocycles. The second kappa shape index (κ2) is 9.60. The summed E-state index contributed by atoms with van der Waals surface area (Å²) >= 11 is 1.29. The summed E-state index contributed by atoms with van der Waals surface area (Å²) in [4.78, 5) is 18.5. The third-order valence-corrected chi connectivity index (χ3v) is 7.21. The van der Waals surface area contributed by atoms with Gasteiger partial charge >= 0.3 is 0 Å². The number of methoxy groups -OCH3 is 2. The lowest BCUT2D eigenvalue weighted by Crippen LogP contribution is -2.23. The molecule has 0 bridgehead atoms. The Kier molecular flexibility index (Phi) is 5.97. The summed E-state index contributed by atoms with van der Waals surface area (Å²) in [6.45, 7) is 1.99. The first-order chi connectivity index (χ1) is 18.6. The standard InChI is InChI=1S/C29H23N5O3S/c1-18-15-19(13-14-23(18)36-2)26-20(17-33(31-26)21-9-5-4-6-10-21)16-25-28(35)34-29(38-25)30-27(32-34)22-11-7-8-12-24(22)37-3/h4-17H,1-3H3. The summed E-state index contributed by atoms with van der Waals surface area (Å²) in [6, 6.07) is 23.3. The van der Waals surface area contributed by atoms with Gasteiger partial charge in [0.25, 0.3) is 5.56 Å². The zero-order chi connectivity index (χ0) is 26.2. The minimum absolute atomic E-state index is 0.233. The highest BCUT2D eigenvalue weighted by Gasteiger charge is 2.17. The van der Waals surface area contributed by atoms with Crippen LogP contribution in [0.25, 0.3) is 39.4 Å². The minimum Gasteiger partial charge on any atom is -0.496 e. The molecule has 6 aromatic rings. The first kappa shape index (κ1) is 23.6. The van der Waals surface area contributed by atoms with Crippen molar-refractivity contribution in [3.8, 4) is 39.8 Å². The lowest BCUT2D eigenvalue weighted by Gasteiger charge is -2.06. The van der Waals surface area contributed by atoms with Crippen LogP contribution in [0.4, 0.5) is 0 Å². The molecule has 0 atom stereocenters. The molecule has 0 aliphatic carbocycles. The molecular weight excluding hydrogens is 498 g/mol. The van der Waals surface area contributed by atoms with E-state index in [1.54, 1.807) is 14.2 Å². The van der Waals surface area contributed by atoms with Crippen LogP contribution in [0, 0.1) is 6.92 Å². The molecule has 3 heterocycles. The van der Waals surface area contributed by atoms with Gasteiger partial charge in [-0.05, 0) is 61.0 Å². The van der Waals surface area contributed by atoms with Crippen molar-refractivity contribution >= 4 is 22.4 Å². The quantitative estimate of drug-likeness (QED) is 0.320. The van der Waals surface area contributed by atoms with Gasteiger partial charge in [-0.1, -0.05) is 41.7 Å². The van der Waals surface area contributed by atoms with Gasteiger partial charge in [-0.3, -0.25) is 4.79 Å². The maximum Gasteiger partial charge on any atom is 0.291 e. The summed E-state index contributed by atoms with van der Waals surface area (Å²) in [5.74, 6) is 1.90. The fraction of sp³-hybridized carbons (Fsp3) is 0.103. The van der Waals surface area contributed by atoms with Gasteiger partial charge in [0.1, 0.15) is 17.2 Å². The van der Waals surface area contributed by atoms with Gasteiger partial charge in [-0.15, -0.1) is 5.10 Å². The van der Waals surface area contributed by atoms with Crippen LogP contribution in [-0.4, -0.2) is 38.6 Å². The lowest BCUT2D eigenvalue weighted by molar-refractivity contribution is 0.412. The van der Waals surface area contributed by atoms with E-state index >= 15 is 0 Å². The number of aromatic nitrogens is 5. The van der Waals surface area contributed by atoms with Gasteiger partial charge in [0, 0.05) is 17.3 Å². The van der Waals surface area contributed by atoms with Gasteiger partial charge in [0.05, 0.1) is 30.0 Å². The van der Waals surface area contributed by atoms with Crippen LogP contribution in [0.15, 0.2) is 83.8 Å². The van der Waals surface area contributed by atoms with E-state index < -0.39 is 0 Å². The molecule has 0 saturated heterocycles. The van der Waals surface area contributed by atoms with E-state index in [0.717, 1.165) is 39.4 Å². The topological polar surface area (TPSA) is 83.5 Å². The van der Waals surface area contributed by atoms with Crippen LogP contribution < -0.4 is 19.6 Å². The molecule has 38 heavy (non-hydrogen) atoms. The van der Waals surface area contributed by atoms with E-state index in [2.05, 4.69) is 10.1 Å². The molecule has 0 saturated carbocycles. The zero-order valence-corrected chi connectivity index (χ0v) is 21.8. The van der Waals surface area contributed by atoms with Crippen LogP contribution in [-0.2, 0) is 0 Å². The third kappa shape index (κ3) is 4.12. The average Bonchev–Trinajstić information content (AvgIpc) is 3.64. The summed E-state index contributed by atoms with van der Waals surface area (Å²) in [7, 11) is 3.25. The predicted octanol–water partition coefficient (Wildman–Crippen LogP) is 4.54. The van der Waals surface area contributed by atoms with E-state index in [-0.39, 0.29) is 5.56 Å². The van der Waals surface area contributed by atoms with Crippen molar-refractivity contribution in [3.05, 3.63) is 105 Å². The van der Waals surface area contributed by atoms with Gasteiger partial charge < -0.3 is 9.47 Å². The lowest BCUT2D eigenvalue weighted by atomic mass is 10.0. The largest absolute Gasteiger partial charge is 0.496 e. The number of thiazole rings is 1. The minimum atomic E-state index is -0.233. The predicted molar refractivity (Wildman–Crippen MR) is 148 cm³/mol. The van der Waals surface area contributed by atoms with Crippen LogP contribution in [0.5, 0.6) is 11.5 Å². The molecule has 0 spiro atoms. The Morgan fingerprint density at radius 3 is 2.39 bits per heavy atom. The first-order valence-corrected chi connectivity index (χ1v) is 12.7. The molecule has 6 rings (SSSR count). The Bertz CT molecular complexity index is 1890. The van der Waals surface area contributed by atoms with E-state index in [1.807, 2.05) is 96.7 Å². The zero-order valence-electron chi connectivity index (χ0n) is 21.0. The Hall–Kier alpha value is -4.76. The number of benzene rings is 3. The number of para-hydroxylation sites is 2. The maximum absolute atomic E-state index is 13.4. The molecule has 0 aliphatic heterocycles. The van der Waals surface area contributed by atoms with Crippen molar-refractivity contribution < 1.29 is 9.47 Å². The highest BCUT2D eigenvalue weighted by molar-refractivity contribution is 7.15. The molecule has 0 fully saturated rings. The molecule has 0 unspecified atom stereocenters. The first-order valence-electron chi connectivity index (χ1n) is 11.9. The van der Waals surface area contributed by atoms with E-state index in [0.29, 0.717) is 21.1 Å². The van der Waals surface area contributed by atoms with Crippen LogP contribution >= 0.6 is 11.3 Å². The average molecular weight is 522 g/mol. The van der Waals surface area contributed by atoms with Crippen molar-refractivity contribution in [1.29, 1.82) is 0 Å². The van der Waals surface area contributed by atoms with Crippen molar-refractivity contribution in [2.75, 3.05) is 14.2 Å². The van der Waals surface area contributed by atoms with Crippen molar-refractivity contribution in [1.82, 2.24) is 24.4 Å². The number of rotatable bonds is 6. The molecular formula is C29H23N5O3S. The molecule has 3 aromatic heterocycles. The molecule has 0 aliphatic rings. The third-order valence-electron chi connectivity index (χ3n) is 6.25. The van der Waals surface area contributed by atoms with Crippen molar-refractivity contribution in [2.24, 2.45) is 0 Å². The molecule has 8 nitrogen and oxygen atoms in total. The molecule has 188 valence electrons. The number of aryl methyl sites for hydroxylation is 1. The molecule has 0 radical (unpaired) electrons. The second-order valence-corrected chi connectivity index (χ2v) is 9.65. The smallest absolute Gasteiger partial charge is 0.291 e. The van der Waals surface area contributed by atoms with Gasteiger partial charge in [-0.2, -0.15) is 14.6 Å². The van der Waals surface area contributed by atoms with Crippen LogP contribution in [0.2, 0.25) is 0 Å². The van der Waals surface area contributed by atoms with Crippen molar-refractivity contribution in [2.45, 2.75) is 6.92 Å². The fourth-order valence-corrected chi connectivity index (χ4v) is 5.27. The fourth-order valence-electron chi connectivity index (χ4n) is 4.37. The Balaban J connectivity index is 1.49.